The van der Waals surface area contributed by atoms with E-state index in [1.165, 1.54) is 11.3 Å². The Hall–Kier alpha value is -2.76. The highest BCUT2D eigenvalue weighted by Crippen LogP contribution is 2.34. The van der Waals surface area contributed by atoms with Gasteiger partial charge in [0.05, 0.1) is 23.2 Å². The Bertz CT molecular complexity index is 1110. The summed E-state index contributed by atoms with van der Waals surface area (Å²) in [5, 5.41) is 1.35. The molecular formula is C22H18ClN3OS. The normalized spacial score (nSPS) is 10.9. The second kappa shape index (κ2) is 8.09. The summed E-state index contributed by atoms with van der Waals surface area (Å²) < 4.78 is 0.976. The molecule has 28 heavy (non-hydrogen) atoms. The summed E-state index contributed by atoms with van der Waals surface area (Å²) in [5.41, 5.74) is 3.82. The van der Waals surface area contributed by atoms with Gasteiger partial charge in [-0.15, -0.1) is 0 Å². The number of rotatable bonds is 5. The summed E-state index contributed by atoms with van der Waals surface area (Å²) in [7, 11) is 0. The maximum absolute atomic E-state index is 13.2. The maximum atomic E-state index is 13.2. The Balaban J connectivity index is 1.72. The van der Waals surface area contributed by atoms with E-state index >= 15 is 0 Å². The molecule has 0 aliphatic heterocycles. The third kappa shape index (κ3) is 4.06. The number of pyridine rings is 1. The second-order valence-electron chi connectivity index (χ2n) is 6.57. The minimum atomic E-state index is -0.00198. The minimum Gasteiger partial charge on any atom is -0.283 e. The van der Waals surface area contributed by atoms with Crippen LogP contribution >= 0.6 is 22.9 Å². The number of nitrogens with zero attached hydrogens (tertiary/aromatic N) is 3. The zero-order valence-electron chi connectivity index (χ0n) is 15.3. The first kappa shape index (κ1) is 18.6. The van der Waals surface area contributed by atoms with Crippen molar-refractivity contribution in [3.05, 3.63) is 88.7 Å². The van der Waals surface area contributed by atoms with Crippen molar-refractivity contribution in [3.8, 4) is 0 Å². The molecule has 0 unspecified atom stereocenters. The predicted molar refractivity (Wildman–Crippen MR) is 115 cm³/mol. The number of carbonyl (C=O) groups is 1. The van der Waals surface area contributed by atoms with Crippen molar-refractivity contribution in [1.82, 2.24) is 9.97 Å². The monoisotopic (exact) mass is 407 g/mol. The summed E-state index contributed by atoms with van der Waals surface area (Å²) in [6, 6.07) is 17.4. The van der Waals surface area contributed by atoms with Gasteiger partial charge >= 0.3 is 0 Å². The Morgan fingerprint density at radius 1 is 1.11 bits per heavy atom. The average molecular weight is 408 g/mol. The molecule has 0 N–H and O–H groups in total. The highest BCUT2D eigenvalue weighted by Gasteiger charge is 2.21. The number of anilines is 1. The highest BCUT2D eigenvalue weighted by atomic mass is 35.5. The Morgan fingerprint density at radius 2 is 1.89 bits per heavy atom. The van der Waals surface area contributed by atoms with Gasteiger partial charge in [0.25, 0.3) is 0 Å². The number of hydrogen-bond acceptors (Lipinski definition) is 4. The van der Waals surface area contributed by atoms with Gasteiger partial charge in [0.15, 0.2) is 5.13 Å². The molecule has 0 saturated heterocycles. The summed E-state index contributed by atoms with van der Waals surface area (Å²) in [4.78, 5) is 23.9. The molecule has 0 bridgehead atoms. The maximum Gasteiger partial charge on any atom is 0.233 e. The molecule has 0 atom stereocenters. The van der Waals surface area contributed by atoms with Gasteiger partial charge in [-0.2, -0.15) is 0 Å². The second-order valence-corrected chi connectivity index (χ2v) is 8.01. The molecule has 4 nitrogen and oxygen atoms in total. The van der Waals surface area contributed by atoms with Crippen molar-refractivity contribution in [2.45, 2.75) is 19.9 Å². The minimum absolute atomic E-state index is 0.00198. The first-order chi connectivity index (χ1) is 13.6. The van der Waals surface area contributed by atoms with Gasteiger partial charge < -0.3 is 0 Å². The average Bonchev–Trinajstić information content (AvgIpc) is 3.11. The largest absolute Gasteiger partial charge is 0.283 e. The number of carbonyl (C=O) groups excluding carboxylic acids is 1. The first-order valence-corrected chi connectivity index (χ1v) is 10.1. The number of aromatic nitrogens is 2. The third-order valence-electron chi connectivity index (χ3n) is 4.43. The molecule has 0 spiro atoms. The summed E-state index contributed by atoms with van der Waals surface area (Å²) in [6.07, 6.45) is 3.82. The number of aryl methyl sites for hydroxylation is 1. The van der Waals surface area contributed by atoms with Gasteiger partial charge in [-0.3, -0.25) is 14.7 Å². The van der Waals surface area contributed by atoms with Gasteiger partial charge in [-0.25, -0.2) is 4.98 Å². The lowest BCUT2D eigenvalue weighted by Gasteiger charge is -2.20. The molecule has 0 radical (unpaired) electrons. The number of halogens is 1. The van der Waals surface area contributed by atoms with Crippen LogP contribution in [0.25, 0.3) is 10.2 Å². The lowest BCUT2D eigenvalue weighted by atomic mass is 10.1. The van der Waals surface area contributed by atoms with E-state index in [1.807, 2.05) is 61.5 Å². The van der Waals surface area contributed by atoms with E-state index in [2.05, 4.69) is 4.98 Å². The van der Waals surface area contributed by atoms with Crippen LogP contribution in [0.3, 0.4) is 0 Å². The molecule has 2 heterocycles. The molecule has 0 fully saturated rings. The van der Waals surface area contributed by atoms with Crippen molar-refractivity contribution in [1.29, 1.82) is 0 Å². The van der Waals surface area contributed by atoms with Crippen LogP contribution in [0.15, 0.2) is 67.0 Å². The number of hydrogen-bond donors (Lipinski definition) is 0. The smallest absolute Gasteiger partial charge is 0.233 e. The lowest BCUT2D eigenvalue weighted by molar-refractivity contribution is -0.118. The topological polar surface area (TPSA) is 46.1 Å². The van der Waals surface area contributed by atoms with Crippen LogP contribution in [0.5, 0.6) is 0 Å². The van der Waals surface area contributed by atoms with Crippen LogP contribution in [0.2, 0.25) is 5.02 Å². The molecule has 0 aliphatic carbocycles. The van der Waals surface area contributed by atoms with Crippen molar-refractivity contribution in [2.75, 3.05) is 4.90 Å². The van der Waals surface area contributed by atoms with E-state index in [-0.39, 0.29) is 5.91 Å². The standard InChI is InChI=1S/C22H18ClN3OS/c1-15-10-18(23)12-19-21(15)25-22(28-19)26(14-17-8-5-9-24-13-17)20(27)11-16-6-3-2-4-7-16/h2-10,12-13H,11,14H2,1H3. The number of benzene rings is 2. The molecule has 4 rings (SSSR count). The number of fused-ring (bicyclic) bond motifs is 1. The molecule has 2 aromatic heterocycles. The number of thiazole rings is 1. The summed E-state index contributed by atoms with van der Waals surface area (Å²) in [6.45, 7) is 2.40. The zero-order chi connectivity index (χ0) is 19.5. The Labute approximate surface area is 172 Å². The molecule has 140 valence electrons. The van der Waals surface area contributed by atoms with Crippen molar-refractivity contribution in [3.63, 3.8) is 0 Å². The SMILES string of the molecule is Cc1cc(Cl)cc2sc(N(Cc3cccnc3)C(=O)Cc3ccccc3)nc12. The van der Waals surface area contributed by atoms with Gasteiger partial charge in [-0.05, 0) is 41.8 Å². The third-order valence-corrected chi connectivity index (χ3v) is 5.68. The van der Waals surface area contributed by atoms with E-state index in [0.29, 0.717) is 23.1 Å². The van der Waals surface area contributed by atoms with E-state index in [9.17, 15) is 4.79 Å². The summed E-state index contributed by atoms with van der Waals surface area (Å²) >= 11 is 7.68. The fraction of sp³-hybridized carbons (Fsp3) is 0.136. The van der Waals surface area contributed by atoms with Crippen molar-refractivity contribution < 1.29 is 4.79 Å². The van der Waals surface area contributed by atoms with E-state index in [0.717, 1.165) is 26.9 Å². The van der Waals surface area contributed by atoms with Crippen molar-refractivity contribution in [2.24, 2.45) is 0 Å². The van der Waals surface area contributed by atoms with Crippen LogP contribution in [-0.4, -0.2) is 15.9 Å². The lowest BCUT2D eigenvalue weighted by Crippen LogP contribution is -2.31. The van der Waals surface area contributed by atoms with Crippen molar-refractivity contribution >= 4 is 44.2 Å². The van der Waals surface area contributed by atoms with Crippen LogP contribution in [-0.2, 0) is 17.8 Å². The fourth-order valence-corrected chi connectivity index (χ4v) is 4.50. The molecule has 0 saturated carbocycles. The fourth-order valence-electron chi connectivity index (χ4n) is 3.06. The highest BCUT2D eigenvalue weighted by molar-refractivity contribution is 7.22. The van der Waals surface area contributed by atoms with Gasteiger partial charge in [0.2, 0.25) is 5.91 Å². The van der Waals surface area contributed by atoms with E-state index in [1.54, 1.807) is 17.3 Å². The van der Waals surface area contributed by atoms with Crippen LogP contribution in [0.1, 0.15) is 16.7 Å². The molecule has 2 aromatic carbocycles. The quantitative estimate of drug-likeness (QED) is 0.443. The van der Waals surface area contributed by atoms with Gasteiger partial charge in [0, 0.05) is 17.4 Å². The first-order valence-electron chi connectivity index (χ1n) is 8.90. The predicted octanol–water partition coefficient (Wildman–Crippen LogP) is 5.43. The Kier molecular flexibility index (Phi) is 5.37. The molecule has 4 aromatic rings. The van der Waals surface area contributed by atoms with Crippen LogP contribution < -0.4 is 4.90 Å². The van der Waals surface area contributed by atoms with E-state index < -0.39 is 0 Å². The number of amides is 1. The van der Waals surface area contributed by atoms with Crippen LogP contribution in [0, 0.1) is 6.92 Å². The summed E-state index contributed by atoms with van der Waals surface area (Å²) in [5.74, 6) is -0.00198. The van der Waals surface area contributed by atoms with Crippen LogP contribution in [0.4, 0.5) is 5.13 Å². The molecular weight excluding hydrogens is 390 g/mol. The molecule has 1 amide bonds. The van der Waals surface area contributed by atoms with E-state index in [4.69, 9.17) is 16.6 Å². The zero-order valence-corrected chi connectivity index (χ0v) is 16.9. The Morgan fingerprint density at radius 3 is 2.64 bits per heavy atom. The molecule has 6 heteroatoms. The van der Waals surface area contributed by atoms with Gasteiger partial charge in [0.1, 0.15) is 0 Å². The van der Waals surface area contributed by atoms with Gasteiger partial charge in [-0.1, -0.05) is 59.3 Å². The molecule has 0 aliphatic rings.